The smallest absolute Gasteiger partial charge is 0.255 e. The quantitative estimate of drug-likeness (QED) is 0.649. The maximum Gasteiger partial charge on any atom is 0.255 e. The molecule has 0 spiro atoms. The highest BCUT2D eigenvalue weighted by Gasteiger charge is 2.27. The van der Waals surface area contributed by atoms with E-state index in [4.69, 9.17) is 4.74 Å². The highest BCUT2D eigenvalue weighted by atomic mass is 19.1. The van der Waals surface area contributed by atoms with Gasteiger partial charge < -0.3 is 20.3 Å². The van der Waals surface area contributed by atoms with Crippen LogP contribution in [0.3, 0.4) is 0 Å². The van der Waals surface area contributed by atoms with Gasteiger partial charge in [-0.15, -0.1) is 0 Å². The molecule has 1 amide bonds. The third-order valence-electron chi connectivity index (χ3n) is 5.67. The van der Waals surface area contributed by atoms with Gasteiger partial charge in [0.25, 0.3) is 5.91 Å². The molecule has 2 aliphatic rings. The lowest BCUT2D eigenvalue weighted by atomic mass is 10.1. The summed E-state index contributed by atoms with van der Waals surface area (Å²) in [7, 11) is 0. The number of nitrogens with one attached hydrogen (secondary N) is 2. The number of benzene rings is 1. The number of morpholine rings is 1. The number of aromatic nitrogens is 2. The molecule has 1 fully saturated rings. The maximum atomic E-state index is 14.4. The number of nitrogens with zero attached hydrogens (tertiary/aromatic N) is 3. The van der Waals surface area contributed by atoms with Gasteiger partial charge >= 0.3 is 0 Å². The van der Waals surface area contributed by atoms with Gasteiger partial charge in [-0.05, 0) is 37.3 Å². The number of carbonyl (C=O) groups excluding carboxylic acids is 1. The summed E-state index contributed by atoms with van der Waals surface area (Å²) in [6, 6.07) is 9.12. The molecule has 0 bridgehead atoms. The van der Waals surface area contributed by atoms with Crippen LogP contribution < -0.4 is 15.5 Å². The summed E-state index contributed by atoms with van der Waals surface area (Å²) in [5.41, 5.74) is 2.01. The second kappa shape index (κ2) is 8.16. The van der Waals surface area contributed by atoms with Crippen LogP contribution in [0.4, 0.5) is 26.0 Å². The van der Waals surface area contributed by atoms with Crippen LogP contribution in [0.5, 0.6) is 0 Å². The van der Waals surface area contributed by atoms with Crippen molar-refractivity contribution in [2.45, 2.75) is 19.5 Å². The zero-order valence-corrected chi connectivity index (χ0v) is 17.4. The van der Waals surface area contributed by atoms with Crippen LogP contribution in [-0.2, 0) is 11.3 Å². The molecule has 1 saturated heterocycles. The van der Waals surface area contributed by atoms with Gasteiger partial charge in [-0.3, -0.25) is 4.79 Å². The van der Waals surface area contributed by atoms with E-state index in [-0.39, 0.29) is 29.8 Å². The molecule has 0 unspecified atom stereocenters. The van der Waals surface area contributed by atoms with Gasteiger partial charge in [0.05, 0.1) is 59.8 Å². The summed E-state index contributed by atoms with van der Waals surface area (Å²) < 4.78 is 34.2. The Kier molecular flexibility index (Phi) is 5.18. The molecule has 0 saturated carbocycles. The van der Waals surface area contributed by atoms with Gasteiger partial charge in [0.15, 0.2) is 0 Å². The number of hydrogen-bond donors (Lipinski definition) is 2. The molecule has 5 rings (SSSR count). The average Bonchev–Trinajstić information content (AvgIpc) is 3.16. The van der Waals surface area contributed by atoms with Crippen molar-refractivity contribution in [3.05, 3.63) is 65.5 Å². The predicted molar refractivity (Wildman–Crippen MR) is 116 cm³/mol. The van der Waals surface area contributed by atoms with E-state index in [1.807, 2.05) is 6.07 Å². The largest absolute Gasteiger partial charge is 0.377 e. The molecule has 164 valence electrons. The zero-order valence-electron chi connectivity index (χ0n) is 17.4. The van der Waals surface area contributed by atoms with Crippen LogP contribution in [0.1, 0.15) is 23.0 Å². The Morgan fingerprint density at radius 3 is 2.72 bits per heavy atom. The van der Waals surface area contributed by atoms with Crippen molar-refractivity contribution >= 4 is 23.1 Å². The third kappa shape index (κ3) is 3.64. The number of ether oxygens (including phenoxy) is 1. The van der Waals surface area contributed by atoms with Gasteiger partial charge in [0, 0.05) is 12.6 Å². The molecule has 0 aliphatic carbocycles. The minimum absolute atomic E-state index is 0.108. The van der Waals surface area contributed by atoms with Crippen LogP contribution in [0, 0.1) is 11.6 Å². The normalized spacial score (nSPS) is 17.8. The molecule has 3 aromatic rings. The monoisotopic (exact) mass is 437 g/mol. The fourth-order valence-electron chi connectivity index (χ4n) is 4.08. The van der Waals surface area contributed by atoms with Gasteiger partial charge in [0.2, 0.25) is 0 Å². The van der Waals surface area contributed by atoms with Crippen LogP contribution >= 0.6 is 0 Å². The van der Waals surface area contributed by atoms with E-state index in [0.29, 0.717) is 36.0 Å². The van der Waals surface area contributed by atoms with Crippen LogP contribution in [0.25, 0.3) is 11.3 Å². The first-order valence-electron chi connectivity index (χ1n) is 10.3. The van der Waals surface area contributed by atoms with Crippen molar-refractivity contribution in [2.75, 3.05) is 30.0 Å². The van der Waals surface area contributed by atoms with Gasteiger partial charge in [-0.2, -0.15) is 0 Å². The van der Waals surface area contributed by atoms with Gasteiger partial charge in [-0.1, -0.05) is 6.07 Å². The summed E-state index contributed by atoms with van der Waals surface area (Å²) in [6.45, 7) is 4.39. The molecule has 1 atom stereocenters. The van der Waals surface area contributed by atoms with Crippen molar-refractivity contribution in [3.8, 4) is 11.3 Å². The Bertz CT molecular complexity index is 1170. The summed E-state index contributed by atoms with van der Waals surface area (Å²) >= 11 is 0. The fraction of sp³-hybridized carbons (Fsp3) is 0.261. The minimum Gasteiger partial charge on any atom is -0.377 e. The van der Waals surface area contributed by atoms with Crippen molar-refractivity contribution in [1.82, 2.24) is 15.3 Å². The van der Waals surface area contributed by atoms with Crippen molar-refractivity contribution < 1.29 is 18.3 Å². The number of fused-ring (bicyclic) bond motifs is 1. The van der Waals surface area contributed by atoms with E-state index in [1.165, 1.54) is 24.3 Å². The fourth-order valence-corrected chi connectivity index (χ4v) is 4.08. The first kappa shape index (κ1) is 20.3. The lowest BCUT2D eigenvalue weighted by Gasteiger charge is -2.35. The van der Waals surface area contributed by atoms with E-state index in [0.717, 1.165) is 12.2 Å². The number of pyridine rings is 2. The first-order valence-corrected chi connectivity index (χ1v) is 10.3. The Morgan fingerprint density at radius 1 is 1.19 bits per heavy atom. The number of amides is 1. The van der Waals surface area contributed by atoms with E-state index in [1.54, 1.807) is 12.3 Å². The highest BCUT2D eigenvalue weighted by molar-refractivity contribution is 6.04. The van der Waals surface area contributed by atoms with Crippen LogP contribution in [0.2, 0.25) is 0 Å². The third-order valence-corrected chi connectivity index (χ3v) is 5.67. The number of carbonyl (C=O) groups is 1. The molecule has 2 aliphatic heterocycles. The number of anilines is 3. The summed E-state index contributed by atoms with van der Waals surface area (Å²) in [6.07, 6.45) is 1.75. The van der Waals surface area contributed by atoms with E-state index in [9.17, 15) is 13.6 Å². The second-order valence-electron chi connectivity index (χ2n) is 7.80. The minimum atomic E-state index is -0.720. The Morgan fingerprint density at radius 2 is 2.00 bits per heavy atom. The molecule has 1 aromatic carbocycles. The van der Waals surface area contributed by atoms with E-state index >= 15 is 0 Å². The number of rotatable bonds is 4. The van der Waals surface area contributed by atoms with Crippen molar-refractivity contribution in [3.63, 3.8) is 0 Å². The van der Waals surface area contributed by atoms with Gasteiger partial charge in [-0.25, -0.2) is 18.7 Å². The summed E-state index contributed by atoms with van der Waals surface area (Å²) in [5, 5.41) is 5.83. The highest BCUT2D eigenvalue weighted by Crippen LogP contribution is 2.33. The predicted octanol–water partition coefficient (Wildman–Crippen LogP) is 3.63. The number of halogens is 2. The molecule has 2 N–H and O–H groups in total. The summed E-state index contributed by atoms with van der Waals surface area (Å²) in [5.74, 6) is -1.23. The summed E-state index contributed by atoms with van der Waals surface area (Å²) in [4.78, 5) is 23.4. The van der Waals surface area contributed by atoms with Crippen molar-refractivity contribution in [1.29, 1.82) is 0 Å². The SMILES string of the molecule is C[C@@H]1COCCN1c1ccc(Nc2cc(-c3c(F)cccc3F)nc3c2C(=O)NC3)nc1. The Balaban J connectivity index is 1.49. The lowest BCUT2D eigenvalue weighted by molar-refractivity contribution is 0.0966. The molecule has 9 heteroatoms. The molecule has 2 aromatic heterocycles. The topological polar surface area (TPSA) is 79.4 Å². The van der Waals surface area contributed by atoms with Crippen LogP contribution in [0.15, 0.2) is 42.6 Å². The molecule has 7 nitrogen and oxygen atoms in total. The standard InChI is InChI=1S/C23H21F2N5O2/c1-13-12-32-8-7-30(13)14-5-6-20(26-10-14)29-18-9-17(21-15(24)3-2-4-16(21)25)28-19-11-27-23(31)22(18)19/h2-6,9-10,13H,7-8,11-12H2,1H3,(H,27,31)(H,26,28,29)/t13-/m1/s1. The average molecular weight is 437 g/mol. The lowest BCUT2D eigenvalue weighted by Crippen LogP contribution is -2.43. The Hall–Kier alpha value is -3.59. The van der Waals surface area contributed by atoms with Gasteiger partial charge in [0.1, 0.15) is 17.5 Å². The molecule has 32 heavy (non-hydrogen) atoms. The Labute approximate surface area is 183 Å². The molecular weight excluding hydrogens is 416 g/mol. The zero-order chi connectivity index (χ0) is 22.2. The molecule has 4 heterocycles. The van der Waals surface area contributed by atoms with Crippen molar-refractivity contribution in [2.24, 2.45) is 0 Å². The van der Waals surface area contributed by atoms with Crippen LogP contribution in [-0.4, -0.2) is 41.7 Å². The maximum absolute atomic E-state index is 14.4. The number of hydrogen-bond acceptors (Lipinski definition) is 6. The van der Waals surface area contributed by atoms with E-state index < -0.39 is 11.6 Å². The molecular formula is C23H21F2N5O2. The molecule has 0 radical (unpaired) electrons. The van der Waals surface area contributed by atoms with E-state index in [2.05, 4.69) is 32.4 Å². The second-order valence-corrected chi connectivity index (χ2v) is 7.80. The first-order chi connectivity index (χ1) is 15.5.